The van der Waals surface area contributed by atoms with Gasteiger partial charge in [0.2, 0.25) is 0 Å². The van der Waals surface area contributed by atoms with Crippen molar-refractivity contribution in [2.45, 2.75) is 12.1 Å². The Morgan fingerprint density at radius 2 is 2.00 bits per heavy atom. The van der Waals surface area contributed by atoms with Crippen LogP contribution >= 0.6 is 11.8 Å². The average molecular weight is 238 g/mol. The number of aromatic nitrogens is 4. The van der Waals surface area contributed by atoms with Crippen LogP contribution in [0.4, 0.5) is 5.82 Å². The summed E-state index contributed by atoms with van der Waals surface area (Å²) >= 11 is 1.50. The number of fused-ring (bicyclic) bond motifs is 1. The molecule has 0 radical (unpaired) electrons. The van der Waals surface area contributed by atoms with E-state index in [1.54, 1.807) is 0 Å². The van der Waals surface area contributed by atoms with E-state index in [1.165, 1.54) is 11.8 Å². The summed E-state index contributed by atoms with van der Waals surface area (Å²) < 4.78 is 0. The van der Waals surface area contributed by atoms with Crippen LogP contribution in [-0.4, -0.2) is 45.3 Å². The fourth-order valence-corrected chi connectivity index (χ4v) is 1.74. The van der Waals surface area contributed by atoms with Crippen LogP contribution in [0.5, 0.6) is 0 Å². The smallest absolute Gasteiger partial charge is 0.191 e. The molecule has 0 saturated carbocycles. The molecule has 0 fully saturated rings. The van der Waals surface area contributed by atoms with Crippen molar-refractivity contribution in [3.8, 4) is 0 Å². The van der Waals surface area contributed by atoms with Gasteiger partial charge in [-0.2, -0.15) is 0 Å². The molecule has 0 aliphatic carbocycles. The molecule has 86 valence electrons. The monoisotopic (exact) mass is 238 g/mol. The number of anilines is 1. The van der Waals surface area contributed by atoms with Crippen LogP contribution in [0.25, 0.3) is 11.2 Å². The standard InChI is InChI=1S/C9H14N6S/c1-5-10-6-7(11-5)12-9(16-4)13-8(6)14-15(2)3/h1-4H3,(H2,10,11,12,13,14). The summed E-state index contributed by atoms with van der Waals surface area (Å²) in [7, 11) is 3.83. The predicted molar refractivity (Wildman–Crippen MR) is 65.5 cm³/mol. The molecule has 6 nitrogen and oxygen atoms in total. The molecule has 7 heteroatoms. The van der Waals surface area contributed by atoms with E-state index in [0.717, 1.165) is 17.2 Å². The first-order valence-electron chi connectivity index (χ1n) is 4.82. The van der Waals surface area contributed by atoms with E-state index in [1.807, 2.05) is 32.3 Å². The van der Waals surface area contributed by atoms with Gasteiger partial charge < -0.3 is 10.4 Å². The number of aromatic amines is 1. The van der Waals surface area contributed by atoms with Crippen molar-refractivity contribution in [1.29, 1.82) is 0 Å². The number of hydrogen-bond donors (Lipinski definition) is 2. The highest BCUT2D eigenvalue weighted by Gasteiger charge is 2.11. The van der Waals surface area contributed by atoms with Crippen molar-refractivity contribution in [3.05, 3.63) is 5.82 Å². The fourth-order valence-electron chi connectivity index (χ4n) is 1.38. The van der Waals surface area contributed by atoms with Crippen LogP contribution in [0.1, 0.15) is 5.82 Å². The van der Waals surface area contributed by atoms with E-state index < -0.39 is 0 Å². The minimum atomic E-state index is 0.696. The van der Waals surface area contributed by atoms with Crippen molar-refractivity contribution in [2.75, 3.05) is 25.8 Å². The highest BCUT2D eigenvalue weighted by atomic mass is 32.2. The zero-order valence-corrected chi connectivity index (χ0v) is 10.5. The summed E-state index contributed by atoms with van der Waals surface area (Å²) in [4.78, 5) is 16.2. The van der Waals surface area contributed by atoms with E-state index in [2.05, 4.69) is 25.4 Å². The van der Waals surface area contributed by atoms with Gasteiger partial charge >= 0.3 is 0 Å². The normalized spacial score (nSPS) is 11.3. The second-order valence-electron chi connectivity index (χ2n) is 3.59. The number of rotatable bonds is 3. The summed E-state index contributed by atoms with van der Waals surface area (Å²) in [5, 5.41) is 2.55. The van der Waals surface area contributed by atoms with Gasteiger partial charge in [0.25, 0.3) is 0 Å². The zero-order chi connectivity index (χ0) is 11.7. The molecule has 2 aromatic heterocycles. The molecule has 0 spiro atoms. The molecule has 0 aliphatic heterocycles. The molecule has 16 heavy (non-hydrogen) atoms. The van der Waals surface area contributed by atoms with Crippen LogP contribution in [0.3, 0.4) is 0 Å². The lowest BCUT2D eigenvalue weighted by molar-refractivity contribution is 0.492. The summed E-state index contributed by atoms with van der Waals surface area (Å²) in [6, 6.07) is 0. The van der Waals surface area contributed by atoms with E-state index in [4.69, 9.17) is 0 Å². The quantitative estimate of drug-likeness (QED) is 0.477. The van der Waals surface area contributed by atoms with Gasteiger partial charge in [-0.05, 0) is 13.2 Å². The van der Waals surface area contributed by atoms with Gasteiger partial charge in [-0.3, -0.25) is 0 Å². The van der Waals surface area contributed by atoms with Gasteiger partial charge in [0.1, 0.15) is 11.3 Å². The molecule has 0 atom stereocenters. The van der Waals surface area contributed by atoms with Crippen molar-refractivity contribution < 1.29 is 0 Å². The molecule has 0 aromatic carbocycles. The van der Waals surface area contributed by atoms with E-state index in [0.29, 0.717) is 10.8 Å². The molecule has 0 unspecified atom stereocenters. The number of nitrogens with one attached hydrogen (secondary N) is 2. The van der Waals surface area contributed by atoms with Crippen molar-refractivity contribution in [1.82, 2.24) is 24.9 Å². The van der Waals surface area contributed by atoms with Gasteiger partial charge in [0, 0.05) is 14.1 Å². The lowest BCUT2D eigenvalue weighted by atomic mass is 10.5. The van der Waals surface area contributed by atoms with Gasteiger partial charge in [-0.1, -0.05) is 11.8 Å². The molecule has 0 aliphatic rings. The van der Waals surface area contributed by atoms with Crippen LogP contribution in [-0.2, 0) is 0 Å². The number of hydrazine groups is 1. The van der Waals surface area contributed by atoms with E-state index in [-0.39, 0.29) is 0 Å². The molecular formula is C9H14N6S. The Bertz CT molecular complexity index is 506. The second-order valence-corrected chi connectivity index (χ2v) is 4.36. The summed E-state index contributed by atoms with van der Waals surface area (Å²) in [5.41, 5.74) is 4.67. The summed E-state index contributed by atoms with van der Waals surface area (Å²) in [6.45, 7) is 1.90. The Morgan fingerprint density at radius 3 is 2.62 bits per heavy atom. The largest absolute Gasteiger partial charge is 0.338 e. The molecule has 0 amide bonds. The van der Waals surface area contributed by atoms with Crippen LogP contribution < -0.4 is 5.43 Å². The highest BCUT2D eigenvalue weighted by Crippen LogP contribution is 2.21. The Hall–Kier alpha value is -1.34. The van der Waals surface area contributed by atoms with Crippen LogP contribution in [0.2, 0.25) is 0 Å². The van der Waals surface area contributed by atoms with E-state index >= 15 is 0 Å². The second kappa shape index (κ2) is 4.26. The minimum absolute atomic E-state index is 0.696. The van der Waals surface area contributed by atoms with Gasteiger partial charge in [-0.15, -0.1) is 0 Å². The molecule has 2 rings (SSSR count). The lowest BCUT2D eigenvalue weighted by Gasteiger charge is -2.13. The van der Waals surface area contributed by atoms with Crippen molar-refractivity contribution in [2.24, 2.45) is 0 Å². The summed E-state index contributed by atoms with van der Waals surface area (Å²) in [6.07, 6.45) is 1.94. The van der Waals surface area contributed by atoms with Crippen LogP contribution in [0.15, 0.2) is 5.16 Å². The third kappa shape index (κ3) is 2.10. The number of H-pyrrole nitrogens is 1. The molecule has 2 aromatic rings. The molecule has 0 saturated heterocycles. The molecule has 2 N–H and O–H groups in total. The SMILES string of the molecule is CSc1nc(NN(C)C)c2[nH]c(C)nc2n1. The number of nitrogens with zero attached hydrogens (tertiary/aromatic N) is 4. The Balaban J connectivity index is 2.58. The number of aryl methyl sites for hydroxylation is 1. The number of thioether (sulfide) groups is 1. The topological polar surface area (TPSA) is 69.7 Å². The third-order valence-electron chi connectivity index (χ3n) is 1.96. The maximum absolute atomic E-state index is 4.40. The minimum Gasteiger partial charge on any atom is -0.338 e. The first-order chi connectivity index (χ1) is 7.60. The van der Waals surface area contributed by atoms with Crippen molar-refractivity contribution in [3.63, 3.8) is 0 Å². The summed E-state index contributed by atoms with van der Waals surface area (Å²) in [5.74, 6) is 1.59. The Kier molecular flexibility index (Phi) is 2.97. The molecular weight excluding hydrogens is 224 g/mol. The van der Waals surface area contributed by atoms with Gasteiger partial charge in [0.05, 0.1) is 0 Å². The van der Waals surface area contributed by atoms with Gasteiger partial charge in [0.15, 0.2) is 16.6 Å². The third-order valence-corrected chi connectivity index (χ3v) is 2.51. The number of hydrogen-bond acceptors (Lipinski definition) is 6. The Labute approximate surface area is 97.8 Å². The zero-order valence-electron chi connectivity index (χ0n) is 9.70. The first kappa shape index (κ1) is 11.2. The molecule has 0 bridgehead atoms. The fraction of sp³-hybridized carbons (Fsp3) is 0.444. The maximum Gasteiger partial charge on any atom is 0.191 e. The highest BCUT2D eigenvalue weighted by molar-refractivity contribution is 7.98. The lowest BCUT2D eigenvalue weighted by Crippen LogP contribution is -2.20. The number of imidazole rings is 1. The van der Waals surface area contributed by atoms with Crippen molar-refractivity contribution >= 4 is 28.7 Å². The Morgan fingerprint density at radius 1 is 1.25 bits per heavy atom. The van der Waals surface area contributed by atoms with E-state index in [9.17, 15) is 0 Å². The van der Waals surface area contributed by atoms with Gasteiger partial charge in [-0.25, -0.2) is 20.0 Å². The maximum atomic E-state index is 4.40. The first-order valence-corrected chi connectivity index (χ1v) is 6.05. The average Bonchev–Trinajstić information content (AvgIpc) is 2.57. The van der Waals surface area contributed by atoms with Crippen LogP contribution in [0, 0.1) is 6.92 Å². The molecule has 2 heterocycles. The predicted octanol–water partition coefficient (Wildman–Crippen LogP) is 1.27.